The van der Waals surface area contributed by atoms with Crippen molar-refractivity contribution < 1.29 is 28.5 Å². The average Bonchev–Trinajstić information content (AvgIpc) is 2.43. The molecule has 0 saturated carbocycles. The van der Waals surface area contributed by atoms with Crippen LogP contribution in [0.1, 0.15) is 6.42 Å². The van der Waals surface area contributed by atoms with Crippen LogP contribution in [0.5, 0.6) is 0 Å². The third-order valence-corrected chi connectivity index (χ3v) is 2.03. The number of ether oxygens (including phenoxy) is 5. The molecular formula is C13H24O6. The van der Waals surface area contributed by atoms with E-state index >= 15 is 0 Å². The molecule has 0 fully saturated rings. The van der Waals surface area contributed by atoms with E-state index in [2.05, 4.69) is 11.3 Å². The molecule has 0 saturated heterocycles. The Morgan fingerprint density at radius 1 is 0.895 bits per heavy atom. The van der Waals surface area contributed by atoms with Gasteiger partial charge in [-0.3, -0.25) is 4.79 Å². The maximum absolute atomic E-state index is 10.7. The summed E-state index contributed by atoms with van der Waals surface area (Å²) in [5, 5.41) is 0. The van der Waals surface area contributed by atoms with E-state index in [1.807, 2.05) is 0 Å². The van der Waals surface area contributed by atoms with Crippen molar-refractivity contribution in [3.8, 4) is 0 Å². The number of methoxy groups -OCH3 is 1. The Bertz CT molecular complexity index is 219. The number of hydrogen-bond acceptors (Lipinski definition) is 6. The van der Waals surface area contributed by atoms with E-state index in [9.17, 15) is 4.79 Å². The molecule has 0 aromatic heterocycles. The Labute approximate surface area is 114 Å². The molecule has 6 nitrogen and oxygen atoms in total. The van der Waals surface area contributed by atoms with Crippen molar-refractivity contribution in [1.82, 2.24) is 0 Å². The van der Waals surface area contributed by atoms with Crippen molar-refractivity contribution in [1.29, 1.82) is 0 Å². The average molecular weight is 276 g/mol. The fourth-order valence-electron chi connectivity index (χ4n) is 1.08. The van der Waals surface area contributed by atoms with Crippen molar-refractivity contribution >= 4 is 5.97 Å². The summed E-state index contributed by atoms with van der Waals surface area (Å²) in [7, 11) is 1.36. The van der Waals surface area contributed by atoms with Gasteiger partial charge in [-0.25, -0.2) is 0 Å². The number of esters is 1. The Morgan fingerprint density at radius 3 is 1.84 bits per heavy atom. The Balaban J connectivity index is 2.99. The minimum Gasteiger partial charge on any atom is -0.469 e. The van der Waals surface area contributed by atoms with Gasteiger partial charge in [0.25, 0.3) is 0 Å². The van der Waals surface area contributed by atoms with Crippen LogP contribution in [0.25, 0.3) is 0 Å². The minimum atomic E-state index is -0.270. The topological polar surface area (TPSA) is 63.2 Å². The first-order valence-electron chi connectivity index (χ1n) is 6.30. The summed E-state index contributed by atoms with van der Waals surface area (Å²) >= 11 is 0. The van der Waals surface area contributed by atoms with Crippen molar-refractivity contribution in [2.45, 2.75) is 6.42 Å². The third-order valence-electron chi connectivity index (χ3n) is 2.03. The van der Waals surface area contributed by atoms with Crippen LogP contribution in [-0.4, -0.2) is 65.9 Å². The lowest BCUT2D eigenvalue weighted by Gasteiger charge is -2.06. The van der Waals surface area contributed by atoms with E-state index in [1.54, 1.807) is 6.08 Å². The van der Waals surface area contributed by atoms with Gasteiger partial charge in [0.1, 0.15) is 0 Å². The molecule has 0 aliphatic rings. The molecule has 19 heavy (non-hydrogen) atoms. The second-order valence-corrected chi connectivity index (χ2v) is 3.53. The van der Waals surface area contributed by atoms with Crippen molar-refractivity contribution in [3.05, 3.63) is 12.7 Å². The van der Waals surface area contributed by atoms with Crippen LogP contribution in [0.15, 0.2) is 12.7 Å². The van der Waals surface area contributed by atoms with Crippen LogP contribution in [0.3, 0.4) is 0 Å². The lowest BCUT2D eigenvalue weighted by Crippen LogP contribution is -2.13. The second kappa shape index (κ2) is 15.1. The molecule has 112 valence electrons. The van der Waals surface area contributed by atoms with E-state index in [-0.39, 0.29) is 12.4 Å². The zero-order valence-electron chi connectivity index (χ0n) is 11.6. The summed E-state index contributed by atoms with van der Waals surface area (Å²) in [6, 6.07) is 0. The maximum Gasteiger partial charge on any atom is 0.307 e. The van der Waals surface area contributed by atoms with E-state index in [0.29, 0.717) is 52.9 Å². The quantitative estimate of drug-likeness (QED) is 0.266. The molecule has 0 bridgehead atoms. The molecule has 0 aromatic rings. The number of hydrogen-bond donors (Lipinski definition) is 0. The van der Waals surface area contributed by atoms with E-state index in [4.69, 9.17) is 18.9 Å². The second-order valence-electron chi connectivity index (χ2n) is 3.53. The van der Waals surface area contributed by atoms with E-state index in [1.165, 1.54) is 7.11 Å². The van der Waals surface area contributed by atoms with Crippen LogP contribution in [0, 0.1) is 0 Å². The monoisotopic (exact) mass is 276 g/mol. The van der Waals surface area contributed by atoms with Gasteiger partial charge >= 0.3 is 5.97 Å². The van der Waals surface area contributed by atoms with Gasteiger partial charge in [-0.2, -0.15) is 0 Å². The van der Waals surface area contributed by atoms with Crippen molar-refractivity contribution in [2.75, 3.05) is 60.0 Å². The highest BCUT2D eigenvalue weighted by Crippen LogP contribution is 1.87. The molecule has 0 aliphatic carbocycles. The van der Waals surface area contributed by atoms with Crippen LogP contribution in [0.2, 0.25) is 0 Å². The van der Waals surface area contributed by atoms with Crippen LogP contribution in [-0.2, 0) is 28.5 Å². The first-order valence-corrected chi connectivity index (χ1v) is 6.30. The maximum atomic E-state index is 10.7. The molecule has 0 aliphatic heterocycles. The fraction of sp³-hybridized carbons (Fsp3) is 0.769. The van der Waals surface area contributed by atoms with Gasteiger partial charge in [0.15, 0.2) is 0 Å². The zero-order valence-corrected chi connectivity index (χ0v) is 11.6. The molecule has 0 unspecified atom stereocenters. The highest BCUT2D eigenvalue weighted by atomic mass is 16.6. The van der Waals surface area contributed by atoms with Crippen molar-refractivity contribution in [2.24, 2.45) is 0 Å². The smallest absolute Gasteiger partial charge is 0.307 e. The van der Waals surface area contributed by atoms with Crippen LogP contribution < -0.4 is 0 Å². The summed E-state index contributed by atoms with van der Waals surface area (Å²) in [5.41, 5.74) is 0. The molecule has 0 spiro atoms. The van der Waals surface area contributed by atoms with E-state index in [0.717, 1.165) is 0 Å². The van der Waals surface area contributed by atoms with Gasteiger partial charge in [-0.05, 0) is 0 Å². The van der Waals surface area contributed by atoms with E-state index < -0.39 is 0 Å². The summed E-state index contributed by atoms with van der Waals surface area (Å²) in [6.07, 6.45) is 1.97. The fourth-order valence-corrected chi connectivity index (χ4v) is 1.08. The normalized spacial score (nSPS) is 10.4. The first-order chi connectivity index (χ1) is 9.31. The number of carbonyl (C=O) groups excluding carboxylic acids is 1. The van der Waals surface area contributed by atoms with Crippen LogP contribution >= 0.6 is 0 Å². The predicted octanol–water partition coefficient (Wildman–Crippen LogP) is 0.802. The molecule has 0 atom stereocenters. The highest BCUT2D eigenvalue weighted by Gasteiger charge is 1.98. The van der Waals surface area contributed by atoms with Gasteiger partial charge in [0.05, 0.1) is 66.4 Å². The third kappa shape index (κ3) is 15.0. The molecular weight excluding hydrogens is 252 g/mol. The van der Waals surface area contributed by atoms with Gasteiger partial charge < -0.3 is 23.7 Å². The Hall–Kier alpha value is -0.950. The lowest BCUT2D eigenvalue weighted by molar-refractivity contribution is -0.141. The standard InChI is InChI=1S/C13H24O6/c1-3-5-16-7-9-18-11-12-19-10-8-17-6-4-13(14)15-2/h3H,1,4-12H2,2H3. The largest absolute Gasteiger partial charge is 0.469 e. The molecule has 6 heteroatoms. The molecule has 0 aromatic carbocycles. The molecule has 0 radical (unpaired) electrons. The summed E-state index contributed by atoms with van der Waals surface area (Å²) in [6.45, 7) is 7.53. The molecule has 0 heterocycles. The summed E-state index contributed by atoms with van der Waals surface area (Å²) < 4.78 is 25.3. The zero-order chi connectivity index (χ0) is 14.2. The van der Waals surface area contributed by atoms with Gasteiger partial charge in [0.2, 0.25) is 0 Å². The Morgan fingerprint density at radius 2 is 1.37 bits per heavy atom. The number of carbonyl (C=O) groups is 1. The minimum absolute atomic E-state index is 0.268. The van der Waals surface area contributed by atoms with Crippen molar-refractivity contribution in [3.63, 3.8) is 0 Å². The number of rotatable bonds is 14. The molecule has 0 N–H and O–H groups in total. The van der Waals surface area contributed by atoms with Gasteiger partial charge in [-0.15, -0.1) is 6.58 Å². The molecule has 0 amide bonds. The van der Waals surface area contributed by atoms with Crippen LogP contribution in [0.4, 0.5) is 0 Å². The highest BCUT2D eigenvalue weighted by molar-refractivity contribution is 5.69. The van der Waals surface area contributed by atoms with Gasteiger partial charge in [-0.1, -0.05) is 6.08 Å². The summed E-state index contributed by atoms with van der Waals surface area (Å²) in [4.78, 5) is 10.7. The van der Waals surface area contributed by atoms with Gasteiger partial charge in [0, 0.05) is 0 Å². The summed E-state index contributed by atoms with van der Waals surface area (Å²) in [5.74, 6) is -0.270. The lowest BCUT2D eigenvalue weighted by atomic mass is 10.5. The molecule has 0 rings (SSSR count). The predicted molar refractivity (Wildman–Crippen MR) is 70.1 cm³/mol. The first kappa shape index (κ1) is 18.0. The SMILES string of the molecule is C=CCOCCOCCOCCOCCC(=O)OC. The Kier molecular flexibility index (Phi) is 14.4.